The van der Waals surface area contributed by atoms with Gasteiger partial charge in [0, 0.05) is 0 Å². The van der Waals surface area contributed by atoms with Gasteiger partial charge in [-0.15, -0.1) is 0 Å². The molecular formula is C8H6Cl3O2P. The van der Waals surface area contributed by atoms with Crippen LogP contribution in [-0.4, -0.2) is 0 Å². The van der Waals surface area contributed by atoms with Crippen LogP contribution >= 0.6 is 39.9 Å². The molecule has 14 heavy (non-hydrogen) atoms. The first-order valence-corrected chi connectivity index (χ1v) is 7.54. The molecule has 2 nitrogen and oxygen atoms in total. The topological polar surface area (TPSA) is 26.3 Å². The van der Waals surface area contributed by atoms with Crippen LogP contribution in [0.1, 0.15) is 0 Å². The Bertz CT molecular complexity index is 371. The molecule has 0 radical (unpaired) electrons. The van der Waals surface area contributed by atoms with E-state index in [1.54, 1.807) is 24.3 Å². The van der Waals surface area contributed by atoms with E-state index >= 15 is 0 Å². The molecule has 0 aliphatic rings. The van der Waals surface area contributed by atoms with Gasteiger partial charge in [-0.3, -0.25) is 4.57 Å². The van der Waals surface area contributed by atoms with Crippen molar-refractivity contribution in [3.05, 3.63) is 41.4 Å². The largest absolute Gasteiger partial charge is 0.445 e. The van der Waals surface area contributed by atoms with E-state index in [-0.39, 0.29) is 5.22 Å². The maximum absolute atomic E-state index is 10.9. The first-order chi connectivity index (χ1) is 6.47. The lowest BCUT2D eigenvalue weighted by Gasteiger charge is -2.03. The van der Waals surface area contributed by atoms with Crippen LogP contribution < -0.4 is 4.74 Å². The average Bonchev–Trinajstić information content (AvgIpc) is 2.02. The molecule has 0 aliphatic heterocycles. The predicted molar refractivity (Wildman–Crippen MR) is 60.3 cm³/mol. The molecule has 0 spiro atoms. The fraction of sp³-hybridized carbons (Fsp3) is 0. The van der Waals surface area contributed by atoms with Crippen molar-refractivity contribution in [2.24, 2.45) is 0 Å². The Morgan fingerprint density at radius 1 is 1.29 bits per heavy atom. The summed E-state index contributed by atoms with van der Waals surface area (Å²) in [6.45, 7) is 0. The van der Waals surface area contributed by atoms with Crippen molar-refractivity contribution in [1.29, 1.82) is 0 Å². The standard InChI is InChI=1S/C8H6Cl3O2P/c9-8(6-14(10,11)12)13-7-4-2-1-3-5-7/h1-6H/b8-6+. The average molecular weight is 271 g/mol. The molecule has 0 saturated carbocycles. The summed E-state index contributed by atoms with van der Waals surface area (Å²) < 4.78 is 16.0. The monoisotopic (exact) mass is 270 g/mol. The minimum atomic E-state index is -3.33. The van der Waals surface area contributed by atoms with Crippen molar-refractivity contribution in [3.63, 3.8) is 0 Å². The molecule has 0 heterocycles. The fourth-order valence-electron chi connectivity index (χ4n) is 0.746. The van der Waals surface area contributed by atoms with E-state index in [9.17, 15) is 4.57 Å². The van der Waals surface area contributed by atoms with Crippen LogP contribution in [0, 0.1) is 0 Å². The first kappa shape index (κ1) is 11.9. The zero-order valence-electron chi connectivity index (χ0n) is 6.86. The maximum Gasteiger partial charge on any atom is 0.279 e. The lowest BCUT2D eigenvalue weighted by Crippen LogP contribution is -1.86. The minimum absolute atomic E-state index is 0.107. The molecule has 1 rings (SSSR count). The molecule has 0 N–H and O–H groups in total. The summed E-state index contributed by atoms with van der Waals surface area (Å²) in [6.07, 6.45) is 0. The molecule has 0 fully saturated rings. The van der Waals surface area contributed by atoms with Crippen molar-refractivity contribution < 1.29 is 9.30 Å². The molecule has 0 aliphatic carbocycles. The van der Waals surface area contributed by atoms with Crippen molar-refractivity contribution in [1.82, 2.24) is 0 Å². The number of hydrogen-bond donors (Lipinski definition) is 0. The van der Waals surface area contributed by atoms with Crippen LogP contribution in [0.3, 0.4) is 0 Å². The molecule has 0 amide bonds. The third-order valence-electron chi connectivity index (χ3n) is 1.21. The van der Waals surface area contributed by atoms with Gasteiger partial charge in [0.2, 0.25) is 0 Å². The quantitative estimate of drug-likeness (QED) is 0.584. The van der Waals surface area contributed by atoms with Gasteiger partial charge in [0.25, 0.3) is 5.85 Å². The van der Waals surface area contributed by atoms with E-state index < -0.39 is 5.85 Å². The van der Waals surface area contributed by atoms with Crippen molar-refractivity contribution in [3.8, 4) is 5.75 Å². The van der Waals surface area contributed by atoms with E-state index in [0.29, 0.717) is 5.75 Å². The smallest absolute Gasteiger partial charge is 0.279 e. The second-order valence-corrected chi connectivity index (χ2v) is 7.52. The van der Waals surface area contributed by atoms with Crippen LogP contribution in [0.5, 0.6) is 5.75 Å². The summed E-state index contributed by atoms with van der Waals surface area (Å²) in [5, 5.41) is -0.107. The highest BCUT2D eigenvalue weighted by Crippen LogP contribution is 2.59. The zero-order valence-corrected chi connectivity index (χ0v) is 10.0. The highest BCUT2D eigenvalue weighted by molar-refractivity contribution is 8.10. The molecular weight excluding hydrogens is 265 g/mol. The number of halogens is 3. The molecule has 1 aromatic rings. The summed E-state index contributed by atoms with van der Waals surface area (Å²) >= 11 is 16.1. The molecule has 1 aromatic carbocycles. The summed E-state index contributed by atoms with van der Waals surface area (Å²) in [6, 6.07) is 8.78. The molecule has 76 valence electrons. The van der Waals surface area contributed by atoms with Crippen LogP contribution in [0.15, 0.2) is 41.4 Å². The van der Waals surface area contributed by atoms with Gasteiger partial charge < -0.3 is 4.74 Å². The summed E-state index contributed by atoms with van der Waals surface area (Å²) in [4.78, 5) is 0. The SMILES string of the molecule is O=P(Cl)(Cl)/C=C(\Cl)Oc1ccccc1. The van der Waals surface area contributed by atoms with E-state index in [1.807, 2.05) is 6.07 Å². The molecule has 0 saturated heterocycles. The molecule has 0 bridgehead atoms. The lowest BCUT2D eigenvalue weighted by molar-refractivity contribution is 0.463. The van der Waals surface area contributed by atoms with Gasteiger partial charge in [0.15, 0.2) is 5.22 Å². The summed E-state index contributed by atoms with van der Waals surface area (Å²) in [7, 11) is 0. The summed E-state index contributed by atoms with van der Waals surface area (Å²) in [5.41, 5.74) is 0. The number of ether oxygens (including phenoxy) is 1. The normalized spacial score (nSPS) is 12.6. The first-order valence-electron chi connectivity index (χ1n) is 3.58. The van der Waals surface area contributed by atoms with E-state index in [2.05, 4.69) is 0 Å². The van der Waals surface area contributed by atoms with E-state index in [1.165, 1.54) is 0 Å². The maximum atomic E-state index is 10.9. The number of rotatable bonds is 3. The third kappa shape index (κ3) is 4.92. The van der Waals surface area contributed by atoms with Crippen molar-refractivity contribution in [2.75, 3.05) is 0 Å². The molecule has 6 heteroatoms. The summed E-state index contributed by atoms with van der Waals surface area (Å²) in [5.74, 6) is -1.83. The molecule has 0 aromatic heterocycles. The van der Waals surface area contributed by atoms with Gasteiger partial charge in [-0.2, -0.15) is 0 Å². The van der Waals surface area contributed by atoms with Crippen LogP contribution in [0.25, 0.3) is 0 Å². The Labute approximate surface area is 96.4 Å². The number of benzene rings is 1. The highest BCUT2D eigenvalue weighted by Gasteiger charge is 2.11. The van der Waals surface area contributed by atoms with Gasteiger partial charge in [-0.05, 0) is 46.2 Å². The lowest BCUT2D eigenvalue weighted by atomic mass is 10.3. The van der Waals surface area contributed by atoms with E-state index in [0.717, 1.165) is 5.82 Å². The Morgan fingerprint density at radius 3 is 2.36 bits per heavy atom. The van der Waals surface area contributed by atoms with Gasteiger partial charge in [-0.1, -0.05) is 18.2 Å². The number of hydrogen-bond acceptors (Lipinski definition) is 2. The Hall–Kier alpha value is -0.140. The van der Waals surface area contributed by atoms with Crippen molar-refractivity contribution >= 4 is 39.9 Å². The van der Waals surface area contributed by atoms with Gasteiger partial charge >= 0.3 is 0 Å². The Kier molecular flexibility index (Phi) is 4.33. The van der Waals surface area contributed by atoms with Crippen LogP contribution in [0.4, 0.5) is 0 Å². The highest BCUT2D eigenvalue weighted by atomic mass is 35.9. The zero-order chi connectivity index (χ0) is 10.6. The Balaban J connectivity index is 2.72. The molecule has 0 atom stereocenters. The predicted octanol–water partition coefficient (Wildman–Crippen LogP) is 4.77. The fourth-order valence-corrected chi connectivity index (χ4v) is 2.37. The van der Waals surface area contributed by atoms with Gasteiger partial charge in [0.1, 0.15) is 5.75 Å². The third-order valence-corrected chi connectivity index (χ3v) is 2.67. The molecule has 0 unspecified atom stereocenters. The van der Waals surface area contributed by atoms with Gasteiger partial charge in [0.05, 0.1) is 5.82 Å². The van der Waals surface area contributed by atoms with Crippen LogP contribution in [0.2, 0.25) is 0 Å². The van der Waals surface area contributed by atoms with Crippen LogP contribution in [-0.2, 0) is 4.57 Å². The number of para-hydroxylation sites is 1. The second kappa shape index (κ2) is 5.09. The van der Waals surface area contributed by atoms with E-state index in [4.69, 9.17) is 38.8 Å². The van der Waals surface area contributed by atoms with Gasteiger partial charge in [-0.25, -0.2) is 0 Å². The second-order valence-electron chi connectivity index (χ2n) is 2.35. The van der Waals surface area contributed by atoms with Crippen molar-refractivity contribution in [2.45, 2.75) is 0 Å². The Morgan fingerprint density at radius 2 is 1.86 bits per heavy atom. The minimum Gasteiger partial charge on any atom is -0.445 e.